The van der Waals surface area contributed by atoms with Gasteiger partial charge in [0.25, 0.3) is 0 Å². The van der Waals surface area contributed by atoms with Crippen LogP contribution in [-0.4, -0.2) is 16.8 Å². The molecule has 1 fully saturated rings. The minimum atomic E-state index is 0.973. The molecule has 0 aromatic rings. The molecule has 1 aliphatic rings. The van der Waals surface area contributed by atoms with Gasteiger partial charge in [-0.25, -0.2) is 0 Å². The van der Waals surface area contributed by atoms with Gasteiger partial charge in [-0.2, -0.15) is 24.4 Å². The third kappa shape index (κ3) is 3.20. The molecule has 1 aliphatic carbocycles. The maximum atomic E-state index is 4.20. The fourth-order valence-electron chi connectivity index (χ4n) is 1.45. The van der Waals surface area contributed by atoms with Gasteiger partial charge in [-0.15, -0.1) is 0 Å². The first-order chi connectivity index (χ1) is 4.93. The van der Waals surface area contributed by atoms with Gasteiger partial charge in [-0.05, 0) is 18.6 Å². The van der Waals surface area contributed by atoms with Gasteiger partial charge in [0.1, 0.15) is 0 Å². The van der Waals surface area contributed by atoms with Crippen molar-refractivity contribution in [3.63, 3.8) is 0 Å². The molecule has 0 aromatic carbocycles. The molecule has 0 saturated heterocycles. The lowest BCUT2D eigenvalue weighted by molar-refractivity contribution is 0.516. The third-order valence-corrected chi connectivity index (χ3v) is 3.91. The summed E-state index contributed by atoms with van der Waals surface area (Å²) in [5, 5.41) is 0.973. The molecule has 0 atom stereocenters. The number of hydrogen-bond donors (Lipinski definition) is 1. The second-order valence-electron chi connectivity index (χ2n) is 2.85. The molecular weight excluding hydrogens is 160 g/mol. The first kappa shape index (κ1) is 8.79. The van der Waals surface area contributed by atoms with E-state index in [0.717, 1.165) is 11.0 Å². The van der Waals surface area contributed by atoms with Gasteiger partial charge in [-0.3, -0.25) is 0 Å². The quantitative estimate of drug-likeness (QED) is 0.645. The van der Waals surface area contributed by atoms with Crippen molar-refractivity contribution in [2.75, 3.05) is 11.5 Å². The van der Waals surface area contributed by atoms with Crippen LogP contribution in [0.15, 0.2) is 0 Å². The Morgan fingerprint density at radius 1 is 1.20 bits per heavy atom. The van der Waals surface area contributed by atoms with Crippen LogP contribution in [0, 0.1) is 0 Å². The molecule has 0 aromatic heterocycles. The van der Waals surface area contributed by atoms with E-state index in [2.05, 4.69) is 24.4 Å². The smallest absolute Gasteiger partial charge is 0.00473 e. The summed E-state index contributed by atoms with van der Waals surface area (Å²) in [6.45, 7) is 0. The lowest BCUT2D eigenvalue weighted by atomic mass is 10.0. The highest BCUT2D eigenvalue weighted by Crippen LogP contribution is 2.27. The van der Waals surface area contributed by atoms with Crippen LogP contribution in [0.1, 0.15) is 32.1 Å². The molecule has 0 aliphatic heterocycles. The molecule has 2 heteroatoms. The molecule has 0 radical (unpaired) electrons. The van der Waals surface area contributed by atoms with Crippen molar-refractivity contribution >= 4 is 24.4 Å². The van der Waals surface area contributed by atoms with Gasteiger partial charge in [0.2, 0.25) is 0 Å². The van der Waals surface area contributed by atoms with E-state index in [0.29, 0.717) is 0 Å². The molecule has 0 nitrogen and oxygen atoms in total. The second kappa shape index (κ2) is 5.36. The monoisotopic (exact) mass is 176 g/mol. The zero-order valence-corrected chi connectivity index (χ0v) is 8.09. The second-order valence-corrected chi connectivity index (χ2v) is 4.71. The minimum absolute atomic E-state index is 0.973. The number of thiol groups is 1. The van der Waals surface area contributed by atoms with Crippen molar-refractivity contribution < 1.29 is 0 Å². The first-order valence-electron chi connectivity index (χ1n) is 4.16. The van der Waals surface area contributed by atoms with E-state index in [4.69, 9.17) is 0 Å². The Kier molecular flexibility index (Phi) is 4.72. The summed E-state index contributed by atoms with van der Waals surface area (Å²) in [6.07, 6.45) is 7.31. The Morgan fingerprint density at radius 2 is 1.90 bits per heavy atom. The summed E-state index contributed by atoms with van der Waals surface area (Å²) < 4.78 is 0. The highest BCUT2D eigenvalue weighted by molar-refractivity contribution is 8.00. The van der Waals surface area contributed by atoms with Crippen LogP contribution in [0.5, 0.6) is 0 Å². The van der Waals surface area contributed by atoms with E-state index in [1.54, 1.807) is 0 Å². The Hall–Kier alpha value is 0.700. The number of rotatable bonds is 3. The van der Waals surface area contributed by atoms with Gasteiger partial charge in [0, 0.05) is 11.0 Å². The molecule has 0 N–H and O–H groups in total. The van der Waals surface area contributed by atoms with Gasteiger partial charge >= 0.3 is 0 Å². The number of hydrogen-bond acceptors (Lipinski definition) is 2. The lowest BCUT2D eigenvalue weighted by Gasteiger charge is -2.20. The van der Waals surface area contributed by atoms with E-state index < -0.39 is 0 Å². The SMILES string of the molecule is SCCSC1CCCCC1. The van der Waals surface area contributed by atoms with Crippen molar-refractivity contribution in [1.29, 1.82) is 0 Å². The van der Waals surface area contributed by atoms with Gasteiger partial charge < -0.3 is 0 Å². The maximum absolute atomic E-state index is 4.20. The average molecular weight is 176 g/mol. The molecule has 60 valence electrons. The van der Waals surface area contributed by atoms with Gasteiger partial charge in [0.15, 0.2) is 0 Å². The highest BCUT2D eigenvalue weighted by Gasteiger charge is 2.12. The summed E-state index contributed by atoms with van der Waals surface area (Å²) in [6, 6.07) is 0. The fraction of sp³-hybridized carbons (Fsp3) is 1.00. The lowest BCUT2D eigenvalue weighted by Crippen LogP contribution is -2.08. The predicted molar refractivity (Wildman–Crippen MR) is 53.2 cm³/mol. The molecule has 1 rings (SSSR count). The highest BCUT2D eigenvalue weighted by atomic mass is 32.2. The standard InChI is InChI=1S/C8H16S2/c9-6-7-10-8-4-2-1-3-5-8/h8-9H,1-7H2. The van der Waals surface area contributed by atoms with Crippen molar-refractivity contribution in [2.45, 2.75) is 37.4 Å². The zero-order valence-electron chi connectivity index (χ0n) is 6.38. The Balaban J connectivity index is 2.02. The average Bonchev–Trinajstić information content (AvgIpc) is 2.03. The topological polar surface area (TPSA) is 0 Å². The summed E-state index contributed by atoms with van der Waals surface area (Å²) in [5.41, 5.74) is 0. The van der Waals surface area contributed by atoms with E-state index in [1.807, 2.05) is 0 Å². The van der Waals surface area contributed by atoms with Crippen LogP contribution in [-0.2, 0) is 0 Å². The first-order valence-corrected chi connectivity index (χ1v) is 5.84. The minimum Gasteiger partial charge on any atom is -0.179 e. The van der Waals surface area contributed by atoms with E-state index >= 15 is 0 Å². The van der Waals surface area contributed by atoms with Crippen molar-refractivity contribution in [2.24, 2.45) is 0 Å². The molecule has 1 saturated carbocycles. The Labute approximate surface area is 73.6 Å². The normalized spacial score (nSPS) is 21.3. The van der Waals surface area contributed by atoms with Crippen molar-refractivity contribution in [3.8, 4) is 0 Å². The summed E-state index contributed by atoms with van der Waals surface area (Å²) in [4.78, 5) is 0. The molecule has 0 spiro atoms. The summed E-state index contributed by atoms with van der Waals surface area (Å²) in [5.74, 6) is 2.29. The van der Waals surface area contributed by atoms with Crippen LogP contribution in [0.4, 0.5) is 0 Å². The Morgan fingerprint density at radius 3 is 2.50 bits per heavy atom. The van der Waals surface area contributed by atoms with Crippen LogP contribution >= 0.6 is 24.4 Å². The van der Waals surface area contributed by atoms with E-state index in [1.165, 1.54) is 37.9 Å². The molecule has 0 heterocycles. The van der Waals surface area contributed by atoms with Gasteiger partial charge in [-0.1, -0.05) is 19.3 Å². The number of thioether (sulfide) groups is 1. The van der Waals surface area contributed by atoms with Crippen LogP contribution in [0.2, 0.25) is 0 Å². The Bertz CT molecular complexity index is 77.3. The third-order valence-electron chi connectivity index (χ3n) is 2.00. The molecule has 0 bridgehead atoms. The van der Waals surface area contributed by atoms with Crippen molar-refractivity contribution in [3.05, 3.63) is 0 Å². The van der Waals surface area contributed by atoms with Gasteiger partial charge in [0.05, 0.1) is 0 Å². The fourth-order valence-corrected chi connectivity index (χ4v) is 2.87. The molecule has 0 unspecified atom stereocenters. The van der Waals surface area contributed by atoms with E-state index in [-0.39, 0.29) is 0 Å². The predicted octanol–water partition coefficient (Wildman–Crippen LogP) is 2.98. The summed E-state index contributed by atoms with van der Waals surface area (Å²) in [7, 11) is 0. The molecule has 0 amide bonds. The van der Waals surface area contributed by atoms with Crippen molar-refractivity contribution in [1.82, 2.24) is 0 Å². The van der Waals surface area contributed by atoms with Crippen LogP contribution < -0.4 is 0 Å². The maximum Gasteiger partial charge on any atom is 0.00473 e. The van der Waals surface area contributed by atoms with Crippen LogP contribution in [0.25, 0.3) is 0 Å². The molecule has 10 heavy (non-hydrogen) atoms. The summed E-state index contributed by atoms with van der Waals surface area (Å²) >= 11 is 6.32. The van der Waals surface area contributed by atoms with E-state index in [9.17, 15) is 0 Å². The molecular formula is C8H16S2. The largest absolute Gasteiger partial charge is 0.179 e. The zero-order chi connectivity index (χ0) is 7.23. The van der Waals surface area contributed by atoms with Crippen LogP contribution in [0.3, 0.4) is 0 Å².